The third kappa shape index (κ3) is 2.88. The Morgan fingerprint density at radius 1 is 1.38 bits per heavy atom. The zero-order chi connectivity index (χ0) is 15.3. The van der Waals surface area contributed by atoms with Crippen LogP contribution in [-0.4, -0.2) is 23.0 Å². The van der Waals surface area contributed by atoms with E-state index in [0.717, 1.165) is 25.3 Å². The third-order valence-electron chi connectivity index (χ3n) is 4.36. The fourth-order valence-corrected chi connectivity index (χ4v) is 3.05. The van der Waals surface area contributed by atoms with Gasteiger partial charge in [0.1, 0.15) is 5.69 Å². The maximum absolute atomic E-state index is 12.5. The first-order valence-electron chi connectivity index (χ1n) is 6.87. The van der Waals surface area contributed by atoms with Crippen molar-refractivity contribution in [1.29, 1.82) is 0 Å². The molecule has 0 saturated heterocycles. The molecule has 3 N–H and O–H groups in total. The first kappa shape index (κ1) is 14.3. The summed E-state index contributed by atoms with van der Waals surface area (Å²) < 4.78 is 37.6. The minimum Gasteiger partial charge on any atom is -0.353 e. The molecule has 1 heterocycles. The molecule has 4 nitrogen and oxygen atoms in total. The van der Waals surface area contributed by atoms with E-state index in [2.05, 4.69) is 10.3 Å². The number of carbonyl (C=O) groups excluding carboxylic acids is 1. The Bertz CT molecular complexity index is 567. The van der Waals surface area contributed by atoms with Crippen molar-refractivity contribution in [2.75, 3.05) is 0 Å². The molecular weight excluding hydrogens is 283 g/mol. The lowest BCUT2D eigenvalue weighted by atomic mass is 9.76. The lowest BCUT2D eigenvalue weighted by Crippen LogP contribution is -2.47. The number of nitrogens with one attached hydrogen (secondary N) is 1. The minimum absolute atomic E-state index is 0.0943. The van der Waals surface area contributed by atoms with E-state index in [0.29, 0.717) is 0 Å². The largest absolute Gasteiger partial charge is 0.433 e. The van der Waals surface area contributed by atoms with Crippen LogP contribution in [0.15, 0.2) is 18.2 Å². The number of hydrogen-bond donors (Lipinski definition) is 2. The SMILES string of the molecule is NC1CC12CC(NC(=O)Cc1cccc(C(F)(F)F)n1)C2. The van der Waals surface area contributed by atoms with Gasteiger partial charge >= 0.3 is 6.18 Å². The minimum atomic E-state index is -4.49. The Morgan fingerprint density at radius 3 is 2.62 bits per heavy atom. The van der Waals surface area contributed by atoms with Crippen LogP contribution < -0.4 is 11.1 Å². The van der Waals surface area contributed by atoms with Crippen LogP contribution in [0.3, 0.4) is 0 Å². The predicted octanol–water partition coefficient (Wildman–Crippen LogP) is 1.64. The van der Waals surface area contributed by atoms with Gasteiger partial charge in [0.15, 0.2) is 0 Å². The molecule has 21 heavy (non-hydrogen) atoms. The van der Waals surface area contributed by atoms with Crippen LogP contribution in [0.5, 0.6) is 0 Å². The summed E-state index contributed by atoms with van der Waals surface area (Å²) in [6, 6.07) is 3.92. The second-order valence-corrected chi connectivity index (χ2v) is 6.03. The van der Waals surface area contributed by atoms with E-state index >= 15 is 0 Å². The van der Waals surface area contributed by atoms with E-state index in [4.69, 9.17) is 5.73 Å². The summed E-state index contributed by atoms with van der Waals surface area (Å²) in [5, 5.41) is 2.82. The molecule has 2 fully saturated rings. The number of amides is 1. The van der Waals surface area contributed by atoms with Crippen molar-refractivity contribution in [3.8, 4) is 0 Å². The topological polar surface area (TPSA) is 68.0 Å². The Hall–Kier alpha value is -1.63. The molecule has 1 aromatic heterocycles. The van der Waals surface area contributed by atoms with Gasteiger partial charge in [-0.15, -0.1) is 0 Å². The van der Waals surface area contributed by atoms with Crippen molar-refractivity contribution in [2.45, 2.75) is 43.9 Å². The number of hydrogen-bond acceptors (Lipinski definition) is 3. The summed E-state index contributed by atoms with van der Waals surface area (Å²) in [4.78, 5) is 15.3. The first-order chi connectivity index (χ1) is 9.78. The molecule has 114 valence electrons. The number of nitrogens with two attached hydrogens (primary N) is 1. The van der Waals surface area contributed by atoms with Crippen LogP contribution in [0.2, 0.25) is 0 Å². The summed E-state index contributed by atoms with van der Waals surface area (Å²) in [5.41, 5.74) is 5.19. The highest BCUT2D eigenvalue weighted by Gasteiger charge is 2.60. The number of pyridine rings is 1. The highest BCUT2D eigenvalue weighted by molar-refractivity contribution is 5.78. The van der Waals surface area contributed by atoms with Gasteiger partial charge in [0.25, 0.3) is 0 Å². The molecule has 1 amide bonds. The zero-order valence-corrected chi connectivity index (χ0v) is 11.3. The monoisotopic (exact) mass is 299 g/mol. The van der Waals surface area contributed by atoms with Crippen molar-refractivity contribution in [1.82, 2.24) is 10.3 Å². The van der Waals surface area contributed by atoms with Crippen LogP contribution in [0.4, 0.5) is 13.2 Å². The Labute approximate surface area is 119 Å². The molecule has 1 aromatic rings. The molecule has 1 unspecified atom stereocenters. The van der Waals surface area contributed by atoms with Crippen LogP contribution in [0, 0.1) is 5.41 Å². The predicted molar refractivity (Wildman–Crippen MR) is 69.1 cm³/mol. The summed E-state index contributed by atoms with van der Waals surface area (Å²) >= 11 is 0. The molecule has 2 aliphatic rings. The maximum Gasteiger partial charge on any atom is 0.433 e. The molecule has 1 atom stereocenters. The first-order valence-corrected chi connectivity index (χ1v) is 6.87. The van der Waals surface area contributed by atoms with Gasteiger partial charge in [0.2, 0.25) is 5.91 Å². The number of aromatic nitrogens is 1. The molecule has 3 rings (SSSR count). The number of halogens is 3. The Balaban J connectivity index is 1.53. The van der Waals surface area contributed by atoms with Crippen LogP contribution in [0.25, 0.3) is 0 Å². The van der Waals surface area contributed by atoms with Crippen molar-refractivity contribution in [3.05, 3.63) is 29.6 Å². The third-order valence-corrected chi connectivity index (χ3v) is 4.36. The Morgan fingerprint density at radius 2 is 2.05 bits per heavy atom. The lowest BCUT2D eigenvalue weighted by Gasteiger charge is -2.37. The quantitative estimate of drug-likeness (QED) is 0.891. The van der Waals surface area contributed by atoms with Crippen molar-refractivity contribution < 1.29 is 18.0 Å². The smallest absolute Gasteiger partial charge is 0.353 e. The summed E-state index contributed by atoms with van der Waals surface area (Å²) in [7, 11) is 0. The van der Waals surface area contributed by atoms with Crippen LogP contribution in [0.1, 0.15) is 30.7 Å². The summed E-state index contributed by atoms with van der Waals surface area (Å²) in [5.74, 6) is -0.295. The van der Waals surface area contributed by atoms with E-state index in [1.54, 1.807) is 0 Å². The van der Waals surface area contributed by atoms with E-state index in [1.165, 1.54) is 12.1 Å². The molecule has 0 radical (unpaired) electrons. The van der Waals surface area contributed by atoms with Gasteiger partial charge in [-0.05, 0) is 36.8 Å². The van der Waals surface area contributed by atoms with Crippen LogP contribution in [-0.2, 0) is 17.4 Å². The average molecular weight is 299 g/mol. The van der Waals surface area contributed by atoms with E-state index in [1.807, 2.05) is 0 Å². The van der Waals surface area contributed by atoms with Gasteiger partial charge < -0.3 is 11.1 Å². The molecule has 2 aliphatic carbocycles. The molecule has 7 heteroatoms. The zero-order valence-electron chi connectivity index (χ0n) is 11.3. The van der Waals surface area contributed by atoms with Gasteiger partial charge in [-0.25, -0.2) is 4.98 Å². The van der Waals surface area contributed by atoms with Crippen molar-refractivity contribution in [3.63, 3.8) is 0 Å². The van der Waals surface area contributed by atoms with Gasteiger partial charge in [0, 0.05) is 12.1 Å². The normalized spacial score (nSPS) is 30.9. The number of carbonyl (C=O) groups is 1. The van der Waals surface area contributed by atoms with Gasteiger partial charge in [-0.2, -0.15) is 13.2 Å². The standard InChI is InChI=1S/C14H16F3N3O/c15-14(16,17)11-3-1-2-8(19-11)4-12(21)20-9-5-13(6-9)7-10(13)18/h1-3,9-10H,4-7,18H2,(H,20,21). The van der Waals surface area contributed by atoms with Gasteiger partial charge in [0.05, 0.1) is 12.1 Å². The fraction of sp³-hybridized carbons (Fsp3) is 0.571. The second-order valence-electron chi connectivity index (χ2n) is 6.03. The molecule has 0 aromatic carbocycles. The fourth-order valence-electron chi connectivity index (χ4n) is 3.05. The van der Waals surface area contributed by atoms with E-state index in [-0.39, 0.29) is 35.5 Å². The highest BCUT2D eigenvalue weighted by atomic mass is 19.4. The molecule has 1 spiro atoms. The maximum atomic E-state index is 12.5. The molecule has 0 aliphatic heterocycles. The van der Waals surface area contributed by atoms with Crippen molar-refractivity contribution >= 4 is 5.91 Å². The Kier molecular flexibility index (Phi) is 3.20. The molecular formula is C14H16F3N3O. The highest BCUT2D eigenvalue weighted by Crippen LogP contribution is 2.59. The lowest BCUT2D eigenvalue weighted by molar-refractivity contribution is -0.141. The number of rotatable bonds is 3. The van der Waals surface area contributed by atoms with E-state index in [9.17, 15) is 18.0 Å². The summed E-state index contributed by atoms with van der Waals surface area (Å²) in [6.45, 7) is 0. The average Bonchev–Trinajstić information content (AvgIpc) is 2.99. The van der Waals surface area contributed by atoms with E-state index < -0.39 is 11.9 Å². The van der Waals surface area contributed by atoms with Crippen LogP contribution >= 0.6 is 0 Å². The second kappa shape index (κ2) is 4.69. The molecule has 0 bridgehead atoms. The summed E-state index contributed by atoms with van der Waals surface area (Å²) in [6.07, 6.45) is -1.88. The van der Waals surface area contributed by atoms with Gasteiger partial charge in [-0.1, -0.05) is 6.07 Å². The number of nitrogens with zero attached hydrogens (tertiary/aromatic N) is 1. The molecule has 2 saturated carbocycles. The van der Waals surface area contributed by atoms with Crippen molar-refractivity contribution in [2.24, 2.45) is 11.1 Å². The number of alkyl halides is 3. The van der Waals surface area contributed by atoms with Gasteiger partial charge in [-0.3, -0.25) is 4.79 Å².